The van der Waals surface area contributed by atoms with E-state index in [1.165, 1.54) is 36.4 Å². The van der Waals surface area contributed by atoms with Gasteiger partial charge < -0.3 is 4.74 Å². The summed E-state index contributed by atoms with van der Waals surface area (Å²) in [5.41, 5.74) is 5.98. The number of hydrogen-bond acceptors (Lipinski definition) is 6. The summed E-state index contributed by atoms with van der Waals surface area (Å²) in [5, 5.41) is 7.34. The van der Waals surface area contributed by atoms with E-state index in [9.17, 15) is 18.0 Å². The number of aromatic amines is 1. The lowest BCUT2D eigenvalue weighted by Gasteiger charge is -2.10. The van der Waals surface area contributed by atoms with Crippen LogP contribution in [0.1, 0.15) is 27.8 Å². The van der Waals surface area contributed by atoms with Crippen molar-refractivity contribution in [3.8, 4) is 5.75 Å². The number of rotatable bonds is 7. The van der Waals surface area contributed by atoms with Gasteiger partial charge in [-0.2, -0.15) is 5.10 Å². The van der Waals surface area contributed by atoms with Crippen molar-refractivity contribution in [2.24, 2.45) is 0 Å². The molecule has 4 aromatic rings. The predicted octanol–water partition coefficient (Wildman–Crippen LogP) is 2.84. The van der Waals surface area contributed by atoms with E-state index in [-0.39, 0.29) is 21.8 Å². The molecule has 0 fully saturated rings. The van der Waals surface area contributed by atoms with E-state index in [0.29, 0.717) is 23.3 Å². The monoisotopic (exact) mass is 479 g/mol. The van der Waals surface area contributed by atoms with Gasteiger partial charge in [0.25, 0.3) is 21.8 Å². The van der Waals surface area contributed by atoms with Crippen molar-refractivity contribution in [1.82, 2.24) is 21.0 Å². The van der Waals surface area contributed by atoms with Gasteiger partial charge in [-0.1, -0.05) is 18.2 Å². The number of ether oxygens (including phenoxy) is 1. The minimum atomic E-state index is -3.82. The van der Waals surface area contributed by atoms with E-state index >= 15 is 0 Å². The SMILES string of the molecule is CCOc1ccc(S(=O)(=O)Nc2ccc(C(=O)NNC(=O)c3n[nH]c4ccccc34)cc2)cc1. The van der Waals surface area contributed by atoms with Gasteiger partial charge in [0.15, 0.2) is 5.69 Å². The summed E-state index contributed by atoms with van der Waals surface area (Å²) in [5.74, 6) is -0.580. The van der Waals surface area contributed by atoms with Gasteiger partial charge in [0.1, 0.15) is 5.75 Å². The largest absolute Gasteiger partial charge is 0.494 e. The van der Waals surface area contributed by atoms with Gasteiger partial charge in [-0.05, 0) is 61.5 Å². The summed E-state index contributed by atoms with van der Waals surface area (Å²) >= 11 is 0. The van der Waals surface area contributed by atoms with E-state index in [4.69, 9.17) is 4.74 Å². The number of nitrogens with one attached hydrogen (secondary N) is 4. The molecule has 0 saturated heterocycles. The molecule has 0 atom stereocenters. The summed E-state index contributed by atoms with van der Waals surface area (Å²) in [7, 11) is -3.82. The lowest BCUT2D eigenvalue weighted by molar-refractivity contribution is 0.0845. The first-order valence-corrected chi connectivity index (χ1v) is 11.8. The quantitative estimate of drug-likeness (QED) is 0.300. The Labute approximate surface area is 195 Å². The second-order valence-corrected chi connectivity index (χ2v) is 8.80. The fourth-order valence-corrected chi connectivity index (χ4v) is 4.23. The Hall–Kier alpha value is -4.38. The molecule has 10 nitrogen and oxygen atoms in total. The highest BCUT2D eigenvalue weighted by atomic mass is 32.2. The minimum absolute atomic E-state index is 0.0753. The molecule has 0 aliphatic rings. The third-order valence-electron chi connectivity index (χ3n) is 4.82. The molecule has 4 N–H and O–H groups in total. The molecule has 1 aromatic heterocycles. The minimum Gasteiger partial charge on any atom is -0.494 e. The first kappa shape index (κ1) is 22.8. The molecule has 0 saturated carbocycles. The van der Waals surface area contributed by atoms with E-state index in [2.05, 4.69) is 25.8 Å². The fraction of sp³-hybridized carbons (Fsp3) is 0.0870. The summed E-state index contributed by atoms with van der Waals surface area (Å²) in [6.07, 6.45) is 0. The topological polar surface area (TPSA) is 142 Å². The summed E-state index contributed by atoms with van der Waals surface area (Å²) in [4.78, 5) is 24.8. The number of hydrazine groups is 1. The Morgan fingerprint density at radius 1 is 0.912 bits per heavy atom. The number of nitrogens with zero attached hydrogens (tertiary/aromatic N) is 1. The number of fused-ring (bicyclic) bond motifs is 1. The summed E-state index contributed by atoms with van der Waals surface area (Å²) in [6, 6.07) is 18.9. The number of H-pyrrole nitrogens is 1. The van der Waals surface area contributed by atoms with E-state index < -0.39 is 21.8 Å². The molecule has 3 aromatic carbocycles. The van der Waals surface area contributed by atoms with Gasteiger partial charge in [-0.25, -0.2) is 8.42 Å². The predicted molar refractivity (Wildman–Crippen MR) is 126 cm³/mol. The lowest BCUT2D eigenvalue weighted by Crippen LogP contribution is -2.41. The zero-order chi connectivity index (χ0) is 24.1. The van der Waals surface area contributed by atoms with Gasteiger partial charge >= 0.3 is 0 Å². The van der Waals surface area contributed by atoms with Crippen LogP contribution in [-0.4, -0.2) is 37.0 Å². The first-order valence-electron chi connectivity index (χ1n) is 10.3. The molecule has 0 bridgehead atoms. The highest BCUT2D eigenvalue weighted by Crippen LogP contribution is 2.20. The van der Waals surface area contributed by atoms with Crippen LogP contribution in [0.15, 0.2) is 77.7 Å². The van der Waals surface area contributed by atoms with Crippen LogP contribution in [0, 0.1) is 0 Å². The number of carbonyl (C=O) groups excluding carboxylic acids is 2. The lowest BCUT2D eigenvalue weighted by atomic mass is 10.2. The highest BCUT2D eigenvalue weighted by molar-refractivity contribution is 7.92. The molecule has 1 heterocycles. The van der Waals surface area contributed by atoms with Crippen molar-refractivity contribution < 1.29 is 22.7 Å². The molecule has 0 aliphatic carbocycles. The van der Waals surface area contributed by atoms with Crippen LogP contribution < -0.4 is 20.3 Å². The average Bonchev–Trinajstić information content (AvgIpc) is 3.27. The van der Waals surface area contributed by atoms with Crippen LogP contribution >= 0.6 is 0 Å². The molecule has 0 spiro atoms. The zero-order valence-electron chi connectivity index (χ0n) is 18.0. The smallest absolute Gasteiger partial charge is 0.290 e. The Kier molecular flexibility index (Phi) is 6.46. The molecular formula is C23H21N5O5S. The Morgan fingerprint density at radius 3 is 2.29 bits per heavy atom. The molecule has 0 unspecified atom stereocenters. The van der Waals surface area contributed by atoms with E-state index in [0.717, 1.165) is 0 Å². The number of hydrogen-bond donors (Lipinski definition) is 4. The maximum atomic E-state index is 12.6. The van der Waals surface area contributed by atoms with Crippen molar-refractivity contribution in [2.45, 2.75) is 11.8 Å². The Morgan fingerprint density at radius 2 is 1.59 bits per heavy atom. The summed E-state index contributed by atoms with van der Waals surface area (Å²) < 4.78 is 32.9. The van der Waals surface area contributed by atoms with E-state index in [1.807, 2.05) is 13.0 Å². The third-order valence-corrected chi connectivity index (χ3v) is 6.22. The van der Waals surface area contributed by atoms with Crippen LogP contribution in [0.5, 0.6) is 5.75 Å². The number of para-hydroxylation sites is 1. The molecule has 0 radical (unpaired) electrons. The molecule has 11 heteroatoms. The van der Waals surface area contributed by atoms with Crippen molar-refractivity contribution in [3.63, 3.8) is 0 Å². The van der Waals surface area contributed by atoms with Gasteiger partial charge in [-0.3, -0.25) is 30.3 Å². The summed E-state index contributed by atoms with van der Waals surface area (Å²) in [6.45, 7) is 2.32. The average molecular weight is 480 g/mol. The van der Waals surface area contributed by atoms with Crippen LogP contribution in [0.2, 0.25) is 0 Å². The van der Waals surface area contributed by atoms with Crippen molar-refractivity contribution in [3.05, 3.63) is 84.1 Å². The van der Waals surface area contributed by atoms with Gasteiger partial charge in [0.05, 0.1) is 17.0 Å². The molecule has 4 rings (SSSR count). The number of carbonyl (C=O) groups is 2. The second kappa shape index (κ2) is 9.63. The van der Waals surface area contributed by atoms with Crippen LogP contribution in [0.3, 0.4) is 0 Å². The number of sulfonamides is 1. The van der Waals surface area contributed by atoms with Crippen molar-refractivity contribution >= 4 is 38.4 Å². The van der Waals surface area contributed by atoms with Crippen LogP contribution in [0.25, 0.3) is 10.9 Å². The zero-order valence-corrected chi connectivity index (χ0v) is 18.8. The fourth-order valence-electron chi connectivity index (χ4n) is 3.17. The second-order valence-electron chi connectivity index (χ2n) is 7.11. The molecule has 0 aliphatic heterocycles. The van der Waals surface area contributed by atoms with Gasteiger partial charge in [-0.15, -0.1) is 0 Å². The number of amides is 2. The highest BCUT2D eigenvalue weighted by Gasteiger charge is 2.16. The maximum Gasteiger partial charge on any atom is 0.290 e. The molecule has 174 valence electrons. The Balaban J connectivity index is 1.37. The first-order chi connectivity index (χ1) is 16.4. The number of aromatic nitrogens is 2. The Bertz CT molecular complexity index is 1430. The standard InChI is InChI=1S/C23H21N5O5S/c1-2-33-17-11-13-18(14-12-17)34(31,32)28-16-9-7-15(8-10-16)22(29)26-27-23(30)21-19-5-3-4-6-20(19)24-25-21/h3-14,28H,2H2,1H3,(H,24,25)(H,26,29)(H,27,30). The normalized spacial score (nSPS) is 11.1. The molecule has 34 heavy (non-hydrogen) atoms. The molecule has 2 amide bonds. The van der Waals surface area contributed by atoms with Crippen molar-refractivity contribution in [2.75, 3.05) is 11.3 Å². The van der Waals surface area contributed by atoms with Crippen molar-refractivity contribution in [1.29, 1.82) is 0 Å². The number of anilines is 1. The van der Waals surface area contributed by atoms with E-state index in [1.54, 1.807) is 30.3 Å². The van der Waals surface area contributed by atoms with Crippen LogP contribution in [-0.2, 0) is 10.0 Å². The van der Waals surface area contributed by atoms with Gasteiger partial charge in [0.2, 0.25) is 0 Å². The molecular weight excluding hydrogens is 458 g/mol. The maximum absolute atomic E-state index is 12.6. The third kappa shape index (κ3) is 4.99. The van der Waals surface area contributed by atoms with Crippen LogP contribution in [0.4, 0.5) is 5.69 Å². The number of benzene rings is 3. The van der Waals surface area contributed by atoms with Gasteiger partial charge in [0, 0.05) is 16.6 Å².